The van der Waals surface area contributed by atoms with E-state index in [1.807, 2.05) is 48.5 Å². The van der Waals surface area contributed by atoms with E-state index in [-0.39, 0.29) is 17.2 Å². The van der Waals surface area contributed by atoms with Crippen LogP contribution in [0.5, 0.6) is 0 Å². The molecule has 3 aromatic rings. The lowest BCUT2D eigenvalue weighted by Crippen LogP contribution is -2.36. The summed E-state index contributed by atoms with van der Waals surface area (Å²) < 4.78 is 5.44. The molecule has 0 aliphatic carbocycles. The number of hydrogen-bond acceptors (Lipinski definition) is 5. The number of aromatic nitrogens is 1. The molecule has 0 bridgehead atoms. The Morgan fingerprint density at radius 2 is 1.71 bits per heavy atom. The van der Waals surface area contributed by atoms with Crippen molar-refractivity contribution in [3.63, 3.8) is 0 Å². The van der Waals surface area contributed by atoms with Crippen molar-refractivity contribution in [1.82, 2.24) is 10.3 Å². The molecule has 1 aromatic heterocycles. The highest BCUT2D eigenvalue weighted by Gasteiger charge is 2.22. The van der Waals surface area contributed by atoms with E-state index >= 15 is 0 Å². The van der Waals surface area contributed by atoms with E-state index < -0.39 is 0 Å². The number of pyridine rings is 1. The third-order valence-electron chi connectivity index (χ3n) is 5.75. The highest BCUT2D eigenvalue weighted by Crippen LogP contribution is 2.30. The van der Waals surface area contributed by atoms with Crippen molar-refractivity contribution in [3.05, 3.63) is 78.0 Å². The lowest BCUT2D eigenvalue weighted by Gasteiger charge is -2.29. The Morgan fingerprint density at radius 3 is 2.43 bits per heavy atom. The number of rotatable bonds is 6. The van der Waals surface area contributed by atoms with Gasteiger partial charge in [0.2, 0.25) is 0 Å². The van der Waals surface area contributed by atoms with E-state index in [0.29, 0.717) is 42.3 Å². The van der Waals surface area contributed by atoms with Crippen LogP contribution in [-0.2, 0) is 4.74 Å². The summed E-state index contributed by atoms with van der Waals surface area (Å²) in [5.74, 6) is -0.549. The third-order valence-corrected chi connectivity index (χ3v) is 5.75. The SMILES string of the molecule is CC(C)(C)CNC(=O)c1ccnc(-c2ccccc2)c1NC(=O)c1cccc(N2CCOCC2)c1. The number of nitrogens with one attached hydrogen (secondary N) is 2. The van der Waals surface area contributed by atoms with Gasteiger partial charge in [0, 0.05) is 42.6 Å². The topological polar surface area (TPSA) is 83.6 Å². The molecule has 2 heterocycles. The van der Waals surface area contributed by atoms with Crippen molar-refractivity contribution in [2.24, 2.45) is 5.41 Å². The average molecular weight is 473 g/mol. The first-order valence-electron chi connectivity index (χ1n) is 11.9. The molecular formula is C28H32N4O3. The molecule has 182 valence electrons. The predicted octanol–water partition coefficient (Wildman–Crippen LogP) is 4.61. The molecule has 2 N–H and O–H groups in total. The molecule has 1 fully saturated rings. The van der Waals surface area contributed by atoms with E-state index in [2.05, 4.69) is 41.3 Å². The van der Waals surface area contributed by atoms with Crippen LogP contribution in [0.1, 0.15) is 41.5 Å². The summed E-state index contributed by atoms with van der Waals surface area (Å²) in [6.07, 6.45) is 1.60. The van der Waals surface area contributed by atoms with Gasteiger partial charge in [0.05, 0.1) is 30.2 Å². The molecule has 2 amide bonds. The number of carbonyl (C=O) groups excluding carboxylic acids is 2. The van der Waals surface area contributed by atoms with E-state index in [4.69, 9.17) is 4.74 Å². The Labute approximate surface area is 206 Å². The van der Waals surface area contributed by atoms with Crippen LogP contribution < -0.4 is 15.5 Å². The zero-order valence-electron chi connectivity index (χ0n) is 20.5. The number of ether oxygens (including phenoxy) is 1. The Kier molecular flexibility index (Phi) is 7.46. The lowest BCUT2D eigenvalue weighted by molar-refractivity contribution is 0.0940. The van der Waals surface area contributed by atoms with Crippen LogP contribution in [0.25, 0.3) is 11.3 Å². The molecule has 2 aromatic carbocycles. The summed E-state index contributed by atoms with van der Waals surface area (Å²) in [5, 5.41) is 5.98. The molecular weight excluding hydrogens is 440 g/mol. The van der Waals surface area contributed by atoms with Gasteiger partial charge < -0.3 is 20.3 Å². The third kappa shape index (κ3) is 6.25. The van der Waals surface area contributed by atoms with Gasteiger partial charge in [0.25, 0.3) is 11.8 Å². The highest BCUT2D eigenvalue weighted by molar-refractivity contribution is 6.11. The van der Waals surface area contributed by atoms with Gasteiger partial charge in [-0.15, -0.1) is 0 Å². The Balaban J connectivity index is 1.67. The Morgan fingerprint density at radius 1 is 0.971 bits per heavy atom. The number of carbonyl (C=O) groups is 2. The van der Waals surface area contributed by atoms with Crippen molar-refractivity contribution in [2.75, 3.05) is 43.1 Å². The van der Waals surface area contributed by atoms with Crippen LogP contribution in [0.3, 0.4) is 0 Å². The molecule has 4 rings (SSSR count). The first-order valence-corrected chi connectivity index (χ1v) is 11.9. The molecule has 7 nitrogen and oxygen atoms in total. The van der Waals surface area contributed by atoms with E-state index in [1.165, 1.54) is 0 Å². The number of nitrogens with zero attached hydrogens (tertiary/aromatic N) is 2. The van der Waals surface area contributed by atoms with Crippen LogP contribution in [0.4, 0.5) is 11.4 Å². The smallest absolute Gasteiger partial charge is 0.255 e. The zero-order chi connectivity index (χ0) is 24.8. The van der Waals surface area contributed by atoms with Gasteiger partial charge in [-0.25, -0.2) is 0 Å². The Hall–Kier alpha value is -3.71. The summed E-state index contributed by atoms with van der Waals surface area (Å²) in [7, 11) is 0. The predicted molar refractivity (Wildman–Crippen MR) is 139 cm³/mol. The normalized spacial score (nSPS) is 13.9. The second-order valence-electron chi connectivity index (χ2n) is 9.80. The summed E-state index contributed by atoms with van der Waals surface area (Å²) in [4.78, 5) is 33.3. The van der Waals surface area contributed by atoms with Gasteiger partial charge in [-0.05, 0) is 29.7 Å². The fourth-order valence-corrected chi connectivity index (χ4v) is 3.88. The van der Waals surface area contributed by atoms with Crippen LogP contribution in [0, 0.1) is 5.41 Å². The molecule has 35 heavy (non-hydrogen) atoms. The number of hydrogen-bond donors (Lipinski definition) is 2. The highest BCUT2D eigenvalue weighted by atomic mass is 16.5. The lowest BCUT2D eigenvalue weighted by atomic mass is 9.96. The molecule has 0 unspecified atom stereocenters. The van der Waals surface area contributed by atoms with Crippen LogP contribution in [0.2, 0.25) is 0 Å². The molecule has 0 atom stereocenters. The minimum atomic E-state index is -0.296. The molecule has 0 spiro atoms. The maximum atomic E-state index is 13.4. The second-order valence-corrected chi connectivity index (χ2v) is 9.80. The van der Waals surface area contributed by atoms with Gasteiger partial charge in [-0.1, -0.05) is 57.2 Å². The maximum absolute atomic E-state index is 13.4. The van der Waals surface area contributed by atoms with Crippen LogP contribution in [0.15, 0.2) is 66.9 Å². The molecule has 1 aliphatic rings. The first-order chi connectivity index (χ1) is 16.8. The number of benzene rings is 2. The molecule has 1 aliphatic heterocycles. The minimum Gasteiger partial charge on any atom is -0.378 e. The van der Waals surface area contributed by atoms with Gasteiger partial charge in [-0.2, -0.15) is 0 Å². The van der Waals surface area contributed by atoms with Gasteiger partial charge in [0.1, 0.15) is 0 Å². The monoisotopic (exact) mass is 472 g/mol. The number of amides is 2. The largest absolute Gasteiger partial charge is 0.378 e. The van der Waals surface area contributed by atoms with E-state index in [9.17, 15) is 9.59 Å². The first kappa shape index (κ1) is 24.4. The van der Waals surface area contributed by atoms with Crippen molar-refractivity contribution >= 4 is 23.2 Å². The van der Waals surface area contributed by atoms with Crippen molar-refractivity contribution in [1.29, 1.82) is 0 Å². The summed E-state index contributed by atoms with van der Waals surface area (Å²) >= 11 is 0. The van der Waals surface area contributed by atoms with Gasteiger partial charge in [-0.3, -0.25) is 14.6 Å². The fourth-order valence-electron chi connectivity index (χ4n) is 3.88. The van der Waals surface area contributed by atoms with E-state index in [0.717, 1.165) is 24.3 Å². The molecule has 0 saturated carbocycles. The molecule has 7 heteroatoms. The number of anilines is 2. The summed E-state index contributed by atoms with van der Waals surface area (Å²) in [6.45, 7) is 9.56. The van der Waals surface area contributed by atoms with Crippen molar-refractivity contribution in [2.45, 2.75) is 20.8 Å². The molecule has 1 saturated heterocycles. The van der Waals surface area contributed by atoms with Crippen molar-refractivity contribution < 1.29 is 14.3 Å². The van der Waals surface area contributed by atoms with Crippen LogP contribution in [-0.4, -0.2) is 49.6 Å². The average Bonchev–Trinajstić information content (AvgIpc) is 2.88. The zero-order valence-corrected chi connectivity index (χ0v) is 20.5. The second kappa shape index (κ2) is 10.7. The fraction of sp³-hybridized carbons (Fsp3) is 0.321. The van der Waals surface area contributed by atoms with Crippen molar-refractivity contribution in [3.8, 4) is 11.3 Å². The maximum Gasteiger partial charge on any atom is 0.255 e. The minimum absolute atomic E-state index is 0.0751. The quantitative estimate of drug-likeness (QED) is 0.547. The van der Waals surface area contributed by atoms with Gasteiger partial charge >= 0.3 is 0 Å². The Bertz CT molecular complexity index is 1180. The molecule has 0 radical (unpaired) electrons. The number of morpholine rings is 1. The summed E-state index contributed by atoms with van der Waals surface area (Å²) in [5.41, 5.74) is 3.54. The van der Waals surface area contributed by atoms with Crippen LogP contribution >= 0.6 is 0 Å². The van der Waals surface area contributed by atoms with Gasteiger partial charge in [0.15, 0.2) is 0 Å². The van der Waals surface area contributed by atoms with E-state index in [1.54, 1.807) is 18.3 Å². The standard InChI is InChI=1S/C28H32N4O3/c1-28(2,3)19-30-27(34)23-12-13-29-24(20-8-5-4-6-9-20)25(23)31-26(33)21-10-7-11-22(18-21)32-14-16-35-17-15-32/h4-13,18H,14-17,19H2,1-3H3,(H,30,34)(H,31,33). The summed E-state index contributed by atoms with van der Waals surface area (Å²) in [6, 6.07) is 18.7.